The summed E-state index contributed by atoms with van der Waals surface area (Å²) >= 11 is 1.32. The highest BCUT2D eigenvalue weighted by molar-refractivity contribution is 7.13. The molecule has 10 heteroatoms. The summed E-state index contributed by atoms with van der Waals surface area (Å²) in [5, 5.41) is 13.6. The minimum atomic E-state index is -0.847. The number of benzene rings is 1. The van der Waals surface area contributed by atoms with Crippen LogP contribution in [-0.2, 0) is 14.3 Å². The quantitative estimate of drug-likeness (QED) is 0.277. The normalized spacial score (nSPS) is 12.0. The zero-order valence-electron chi connectivity index (χ0n) is 18.5. The van der Waals surface area contributed by atoms with Gasteiger partial charge in [0.05, 0.1) is 5.69 Å². The number of hydrogen-bond acceptors (Lipinski definition) is 7. The molecule has 1 heterocycles. The molecule has 0 fully saturated rings. The van der Waals surface area contributed by atoms with Crippen molar-refractivity contribution in [3.8, 4) is 0 Å². The van der Waals surface area contributed by atoms with E-state index in [2.05, 4.69) is 10.3 Å². The Morgan fingerprint density at radius 3 is 2.47 bits per heavy atom. The highest BCUT2D eigenvalue weighted by Crippen LogP contribution is 2.28. The lowest BCUT2D eigenvalue weighted by Crippen LogP contribution is -2.48. The molecule has 1 unspecified atom stereocenters. The summed E-state index contributed by atoms with van der Waals surface area (Å²) in [6, 6.07) is 8.26. The van der Waals surface area contributed by atoms with Gasteiger partial charge in [-0.25, -0.2) is 15.3 Å². The van der Waals surface area contributed by atoms with Crippen LogP contribution >= 0.6 is 11.3 Å². The van der Waals surface area contributed by atoms with E-state index in [1.165, 1.54) is 16.2 Å². The van der Waals surface area contributed by atoms with Gasteiger partial charge in [-0.1, -0.05) is 31.0 Å². The largest absolute Gasteiger partial charge is 0.444 e. The molecule has 174 valence electrons. The molecule has 0 saturated carbocycles. The second kappa shape index (κ2) is 12.2. The standard InChI is InChI=1S/C22H30N4O5S/c1-22(2,3)31-21(29)24-17(12-8-5-9-13-18(27)25-30)19(28)26(20-23-14-15-32-20)16-10-6-4-7-11-16/h4,6-7,10-11,14-15,17,30H,5,8-9,12-13H2,1-3H3,(H,24,29)(H,25,27). The number of aromatic nitrogens is 1. The molecule has 0 aliphatic heterocycles. The number of ether oxygens (including phenoxy) is 1. The van der Waals surface area contributed by atoms with Crippen LogP contribution in [0.3, 0.4) is 0 Å². The van der Waals surface area contributed by atoms with Crippen LogP contribution in [0.15, 0.2) is 41.9 Å². The fourth-order valence-corrected chi connectivity index (χ4v) is 3.63. The van der Waals surface area contributed by atoms with Crippen LogP contribution in [0.4, 0.5) is 15.6 Å². The average molecular weight is 463 g/mol. The van der Waals surface area contributed by atoms with E-state index in [0.717, 1.165) is 0 Å². The molecule has 2 aromatic rings. The Morgan fingerprint density at radius 1 is 1.16 bits per heavy atom. The monoisotopic (exact) mass is 462 g/mol. The van der Waals surface area contributed by atoms with Crippen molar-refractivity contribution in [3.05, 3.63) is 41.9 Å². The number of para-hydroxylation sites is 1. The fraction of sp³-hybridized carbons (Fsp3) is 0.455. The second-order valence-electron chi connectivity index (χ2n) is 8.16. The first-order valence-corrected chi connectivity index (χ1v) is 11.3. The molecule has 9 nitrogen and oxygen atoms in total. The lowest BCUT2D eigenvalue weighted by atomic mass is 10.1. The Kier molecular flexibility index (Phi) is 9.61. The summed E-state index contributed by atoms with van der Waals surface area (Å²) in [4.78, 5) is 43.0. The molecule has 0 radical (unpaired) electrons. The molecule has 1 aromatic heterocycles. The second-order valence-corrected chi connectivity index (χ2v) is 9.03. The number of alkyl carbamates (subject to hydrolysis) is 1. The number of nitrogens with zero attached hydrogens (tertiary/aromatic N) is 2. The molecule has 3 N–H and O–H groups in total. The van der Waals surface area contributed by atoms with Crippen LogP contribution in [0.5, 0.6) is 0 Å². The van der Waals surface area contributed by atoms with E-state index in [1.807, 2.05) is 18.2 Å². The fourth-order valence-electron chi connectivity index (χ4n) is 2.97. The zero-order chi connectivity index (χ0) is 23.6. The smallest absolute Gasteiger partial charge is 0.408 e. The van der Waals surface area contributed by atoms with E-state index in [-0.39, 0.29) is 12.3 Å². The summed E-state index contributed by atoms with van der Waals surface area (Å²) in [6.07, 6.45) is 3.27. The Bertz CT molecular complexity index is 868. The molecule has 1 atom stereocenters. The maximum Gasteiger partial charge on any atom is 0.408 e. The molecule has 1 aromatic carbocycles. The number of nitrogens with one attached hydrogen (secondary N) is 2. The van der Waals surface area contributed by atoms with Gasteiger partial charge < -0.3 is 10.1 Å². The van der Waals surface area contributed by atoms with E-state index in [0.29, 0.717) is 36.5 Å². The maximum absolute atomic E-state index is 13.6. The predicted octanol–water partition coefficient (Wildman–Crippen LogP) is 4.16. The van der Waals surface area contributed by atoms with Crippen molar-refractivity contribution in [1.29, 1.82) is 0 Å². The first-order valence-electron chi connectivity index (χ1n) is 10.4. The Labute approximate surface area is 191 Å². The van der Waals surface area contributed by atoms with Crippen LogP contribution in [0, 0.1) is 0 Å². The summed E-state index contributed by atoms with van der Waals surface area (Å²) in [6.45, 7) is 5.25. The average Bonchev–Trinajstić information content (AvgIpc) is 3.26. The van der Waals surface area contributed by atoms with Gasteiger partial charge in [0.25, 0.3) is 5.91 Å². The van der Waals surface area contributed by atoms with Crippen molar-refractivity contribution < 1.29 is 24.3 Å². The number of amides is 3. The van der Waals surface area contributed by atoms with Crippen molar-refractivity contribution in [2.75, 3.05) is 4.90 Å². The number of carbonyl (C=O) groups excluding carboxylic acids is 3. The maximum atomic E-state index is 13.6. The molecule has 0 saturated heterocycles. The van der Waals surface area contributed by atoms with Gasteiger partial charge in [0.15, 0.2) is 5.13 Å². The highest BCUT2D eigenvalue weighted by Gasteiger charge is 2.30. The van der Waals surface area contributed by atoms with Gasteiger partial charge in [-0.05, 0) is 45.7 Å². The van der Waals surface area contributed by atoms with Crippen molar-refractivity contribution in [3.63, 3.8) is 0 Å². The molecule has 0 aliphatic carbocycles. The minimum absolute atomic E-state index is 0.184. The minimum Gasteiger partial charge on any atom is -0.444 e. The van der Waals surface area contributed by atoms with Gasteiger partial charge in [0.2, 0.25) is 5.91 Å². The number of rotatable bonds is 10. The third-order valence-electron chi connectivity index (χ3n) is 4.36. The molecule has 2 rings (SSSR count). The highest BCUT2D eigenvalue weighted by atomic mass is 32.1. The molecule has 0 spiro atoms. The SMILES string of the molecule is CC(C)(C)OC(=O)NC(CCCCCC(=O)NO)C(=O)N(c1ccccc1)c1nccs1. The number of thiazole rings is 1. The lowest BCUT2D eigenvalue weighted by molar-refractivity contribution is -0.129. The number of hydroxylamine groups is 1. The van der Waals surface area contributed by atoms with E-state index in [9.17, 15) is 14.4 Å². The van der Waals surface area contributed by atoms with E-state index in [4.69, 9.17) is 9.94 Å². The Hall–Kier alpha value is -2.98. The topological polar surface area (TPSA) is 121 Å². The summed E-state index contributed by atoms with van der Waals surface area (Å²) < 4.78 is 5.35. The lowest BCUT2D eigenvalue weighted by Gasteiger charge is -2.27. The van der Waals surface area contributed by atoms with Gasteiger partial charge in [-0.2, -0.15) is 0 Å². The van der Waals surface area contributed by atoms with Crippen LogP contribution in [-0.4, -0.2) is 39.7 Å². The van der Waals surface area contributed by atoms with Gasteiger partial charge in [-0.3, -0.25) is 19.7 Å². The van der Waals surface area contributed by atoms with Crippen LogP contribution in [0.25, 0.3) is 0 Å². The van der Waals surface area contributed by atoms with Gasteiger partial charge in [-0.15, -0.1) is 11.3 Å². The molecular formula is C22H30N4O5S. The number of hydrogen-bond donors (Lipinski definition) is 3. The molecule has 32 heavy (non-hydrogen) atoms. The molecular weight excluding hydrogens is 432 g/mol. The Morgan fingerprint density at radius 2 is 1.88 bits per heavy atom. The first kappa shape index (κ1) is 25.3. The molecule has 0 bridgehead atoms. The zero-order valence-corrected chi connectivity index (χ0v) is 19.4. The van der Waals surface area contributed by atoms with E-state index < -0.39 is 23.6 Å². The van der Waals surface area contributed by atoms with E-state index in [1.54, 1.807) is 50.0 Å². The van der Waals surface area contributed by atoms with Crippen LogP contribution in [0.1, 0.15) is 52.9 Å². The van der Waals surface area contributed by atoms with Crippen LogP contribution in [0.2, 0.25) is 0 Å². The third-order valence-corrected chi connectivity index (χ3v) is 5.11. The molecule has 0 aliphatic rings. The van der Waals surface area contributed by atoms with Crippen molar-refractivity contribution in [2.45, 2.75) is 64.5 Å². The van der Waals surface area contributed by atoms with Crippen molar-refractivity contribution in [1.82, 2.24) is 15.8 Å². The summed E-state index contributed by atoms with van der Waals surface area (Å²) in [5.74, 6) is -0.784. The number of carbonyl (C=O) groups is 3. The van der Waals surface area contributed by atoms with Crippen LogP contribution < -0.4 is 15.7 Å². The van der Waals surface area contributed by atoms with E-state index >= 15 is 0 Å². The predicted molar refractivity (Wildman–Crippen MR) is 122 cm³/mol. The Balaban J connectivity index is 2.18. The van der Waals surface area contributed by atoms with Gasteiger partial charge in [0.1, 0.15) is 11.6 Å². The first-order chi connectivity index (χ1) is 15.2. The summed E-state index contributed by atoms with van der Waals surface area (Å²) in [7, 11) is 0. The van der Waals surface area contributed by atoms with Crippen molar-refractivity contribution in [2.24, 2.45) is 0 Å². The van der Waals surface area contributed by atoms with Gasteiger partial charge in [0, 0.05) is 18.0 Å². The third kappa shape index (κ3) is 8.27. The van der Waals surface area contributed by atoms with Crippen molar-refractivity contribution >= 4 is 40.1 Å². The number of unbranched alkanes of at least 4 members (excludes halogenated alkanes) is 2. The van der Waals surface area contributed by atoms with Gasteiger partial charge >= 0.3 is 6.09 Å². The summed E-state index contributed by atoms with van der Waals surface area (Å²) in [5.41, 5.74) is 1.54. The molecule has 3 amide bonds. The number of anilines is 2.